The van der Waals surface area contributed by atoms with E-state index in [9.17, 15) is 0 Å². The lowest BCUT2D eigenvalue weighted by Crippen LogP contribution is -2.28. The standard InChI is InChI=1S/C51H34N4OS/c1-3-13-31(14-4-1)49-52-50(32-15-5-2-6-16-32)54-51(53-49)41-29-35(30-47-48(41)38-19-9-12-22-46(38)57-47)55-42-20-10-7-17-36(42)39-27-33(23-25-43(39)55)34-24-26-45-40(28-34)37-18-8-11-21-44(37)56-45/h1-27,29-30,36,40,42H,28H2. The van der Waals surface area contributed by atoms with Crippen LogP contribution in [0.15, 0.2) is 182 Å². The predicted molar refractivity (Wildman–Crippen MR) is 233 cm³/mol. The molecule has 0 spiro atoms. The Morgan fingerprint density at radius 1 is 0.596 bits per heavy atom. The average molecular weight is 751 g/mol. The van der Waals surface area contributed by atoms with E-state index in [0.717, 1.165) is 40.3 Å². The summed E-state index contributed by atoms with van der Waals surface area (Å²) in [5, 5.41) is 2.38. The Bertz CT molecular complexity index is 2990. The van der Waals surface area contributed by atoms with Crippen LogP contribution in [0.3, 0.4) is 0 Å². The summed E-state index contributed by atoms with van der Waals surface area (Å²) in [5.74, 6) is 4.47. The van der Waals surface area contributed by atoms with Crippen LogP contribution in [0, 0.1) is 0 Å². The van der Waals surface area contributed by atoms with Gasteiger partial charge in [0.25, 0.3) is 0 Å². The number of aromatic nitrogens is 3. The van der Waals surface area contributed by atoms with Crippen LogP contribution in [-0.2, 0) is 0 Å². The average Bonchev–Trinajstić information content (AvgIpc) is 3.95. The molecule has 0 amide bonds. The summed E-state index contributed by atoms with van der Waals surface area (Å²) in [7, 11) is 0. The van der Waals surface area contributed by atoms with Crippen molar-refractivity contribution in [2.24, 2.45) is 0 Å². The van der Waals surface area contributed by atoms with Crippen LogP contribution in [0.5, 0.6) is 5.75 Å². The molecule has 2 aromatic heterocycles. The minimum absolute atomic E-state index is 0.125. The molecule has 270 valence electrons. The van der Waals surface area contributed by atoms with Crippen LogP contribution in [0.25, 0.3) is 59.9 Å². The van der Waals surface area contributed by atoms with Gasteiger partial charge in [-0.2, -0.15) is 0 Å². The van der Waals surface area contributed by atoms with Crippen molar-refractivity contribution >= 4 is 48.5 Å². The fourth-order valence-electron chi connectivity index (χ4n) is 9.18. The van der Waals surface area contributed by atoms with E-state index in [0.29, 0.717) is 17.5 Å². The van der Waals surface area contributed by atoms with Gasteiger partial charge in [0, 0.05) is 65.6 Å². The van der Waals surface area contributed by atoms with Gasteiger partial charge >= 0.3 is 0 Å². The highest BCUT2D eigenvalue weighted by Gasteiger charge is 2.39. The molecule has 5 nitrogen and oxygen atoms in total. The van der Waals surface area contributed by atoms with E-state index < -0.39 is 0 Å². The van der Waals surface area contributed by atoms with Crippen molar-refractivity contribution in [2.45, 2.75) is 24.3 Å². The predicted octanol–water partition coefficient (Wildman–Crippen LogP) is 12.8. The summed E-state index contributed by atoms with van der Waals surface area (Å²) in [4.78, 5) is 18.1. The van der Waals surface area contributed by atoms with Crippen LogP contribution in [0.2, 0.25) is 0 Å². The van der Waals surface area contributed by atoms with E-state index in [1.165, 1.54) is 48.1 Å². The molecule has 57 heavy (non-hydrogen) atoms. The molecular formula is C51H34N4OS. The highest BCUT2D eigenvalue weighted by Crippen LogP contribution is 2.53. The van der Waals surface area contributed by atoms with Crippen molar-refractivity contribution in [3.63, 3.8) is 0 Å². The largest absolute Gasteiger partial charge is 0.461 e. The van der Waals surface area contributed by atoms with Gasteiger partial charge in [0.15, 0.2) is 17.5 Å². The summed E-state index contributed by atoms with van der Waals surface area (Å²) in [6.45, 7) is 0. The normalized spacial score (nSPS) is 18.8. The third-order valence-corrected chi connectivity index (χ3v) is 13.0. The van der Waals surface area contributed by atoms with E-state index in [1.807, 2.05) is 47.7 Å². The second kappa shape index (κ2) is 12.8. The Kier molecular flexibility index (Phi) is 7.29. The number of nitrogens with zero attached hydrogens (tertiary/aromatic N) is 4. The molecule has 0 bridgehead atoms. The molecule has 0 N–H and O–H groups in total. The SMILES string of the molecule is C1=CC2c3cc(C4=CC=C5Oc6ccccc6C5C4)ccc3N(c3cc(-c4nc(-c5ccccc5)nc(-c5ccccc5)n4)c4c(c3)sc3ccccc34)C2C=C1. The van der Waals surface area contributed by atoms with Gasteiger partial charge in [-0.25, -0.2) is 15.0 Å². The zero-order valence-electron chi connectivity index (χ0n) is 30.8. The first-order chi connectivity index (χ1) is 28.2. The zero-order chi connectivity index (χ0) is 37.5. The van der Waals surface area contributed by atoms with Crippen molar-refractivity contribution in [3.8, 4) is 39.9 Å². The molecule has 12 rings (SSSR count). The molecule has 2 aliphatic carbocycles. The van der Waals surface area contributed by atoms with Gasteiger partial charge in [0.2, 0.25) is 0 Å². The maximum absolute atomic E-state index is 6.23. The maximum atomic E-state index is 6.23. The minimum atomic E-state index is 0.125. The molecule has 0 saturated heterocycles. The van der Waals surface area contributed by atoms with Gasteiger partial charge in [0.1, 0.15) is 11.5 Å². The van der Waals surface area contributed by atoms with Gasteiger partial charge < -0.3 is 9.64 Å². The van der Waals surface area contributed by atoms with Crippen molar-refractivity contribution in [3.05, 3.63) is 198 Å². The third kappa shape index (κ3) is 5.25. The van der Waals surface area contributed by atoms with Gasteiger partial charge in [-0.15, -0.1) is 11.3 Å². The molecule has 6 aromatic carbocycles. The first-order valence-electron chi connectivity index (χ1n) is 19.5. The Balaban J connectivity index is 1.02. The lowest BCUT2D eigenvalue weighted by molar-refractivity contribution is 0.426. The highest BCUT2D eigenvalue weighted by molar-refractivity contribution is 7.26. The van der Waals surface area contributed by atoms with Gasteiger partial charge in [-0.3, -0.25) is 0 Å². The molecule has 2 aliphatic heterocycles. The summed E-state index contributed by atoms with van der Waals surface area (Å²) in [6.07, 6.45) is 14.5. The first-order valence-corrected chi connectivity index (χ1v) is 20.3. The van der Waals surface area contributed by atoms with Crippen LogP contribution in [0.1, 0.15) is 34.9 Å². The molecule has 3 atom stereocenters. The smallest absolute Gasteiger partial charge is 0.164 e. The molecule has 4 heterocycles. The van der Waals surface area contributed by atoms with E-state index in [1.54, 1.807) is 0 Å². The Labute approximate surface area is 334 Å². The number of rotatable bonds is 5. The number of thiophene rings is 1. The Morgan fingerprint density at radius 2 is 1.32 bits per heavy atom. The molecule has 3 unspecified atom stereocenters. The molecular weight excluding hydrogens is 717 g/mol. The Hall–Kier alpha value is -6.89. The quantitative estimate of drug-likeness (QED) is 0.175. The molecule has 0 radical (unpaired) electrons. The topological polar surface area (TPSA) is 51.1 Å². The maximum Gasteiger partial charge on any atom is 0.164 e. The van der Waals surface area contributed by atoms with E-state index in [-0.39, 0.29) is 17.9 Å². The number of allylic oxidation sites excluding steroid dienone is 6. The number of ether oxygens (including phenoxy) is 1. The molecule has 0 fully saturated rings. The molecule has 8 aromatic rings. The van der Waals surface area contributed by atoms with E-state index in [4.69, 9.17) is 19.7 Å². The lowest BCUT2D eigenvalue weighted by atomic mass is 9.84. The third-order valence-electron chi connectivity index (χ3n) is 11.8. The molecule has 0 saturated carbocycles. The van der Waals surface area contributed by atoms with Crippen molar-refractivity contribution in [2.75, 3.05) is 4.90 Å². The lowest BCUT2D eigenvalue weighted by Gasteiger charge is -2.29. The Morgan fingerprint density at radius 3 is 2.14 bits per heavy atom. The fraction of sp³-hybridized carbons (Fsp3) is 0.0784. The van der Waals surface area contributed by atoms with Crippen LogP contribution in [-0.4, -0.2) is 21.0 Å². The number of benzene rings is 6. The molecule has 4 aliphatic rings. The number of fused-ring (bicyclic) bond motifs is 9. The fourth-order valence-corrected chi connectivity index (χ4v) is 10.3. The number of hydrogen-bond donors (Lipinski definition) is 0. The summed E-state index contributed by atoms with van der Waals surface area (Å²) in [6, 6.07) is 49.5. The van der Waals surface area contributed by atoms with Crippen molar-refractivity contribution < 1.29 is 4.74 Å². The summed E-state index contributed by atoms with van der Waals surface area (Å²) >= 11 is 1.83. The van der Waals surface area contributed by atoms with Crippen molar-refractivity contribution in [1.82, 2.24) is 15.0 Å². The summed E-state index contributed by atoms with van der Waals surface area (Å²) in [5.41, 5.74) is 10.5. The monoisotopic (exact) mass is 750 g/mol. The number of para-hydroxylation sites is 1. The zero-order valence-corrected chi connectivity index (χ0v) is 31.6. The number of hydrogen-bond acceptors (Lipinski definition) is 6. The second-order valence-electron chi connectivity index (χ2n) is 15.1. The van der Waals surface area contributed by atoms with Crippen LogP contribution < -0.4 is 9.64 Å². The van der Waals surface area contributed by atoms with Crippen LogP contribution in [0.4, 0.5) is 11.4 Å². The van der Waals surface area contributed by atoms with Crippen molar-refractivity contribution in [1.29, 1.82) is 0 Å². The second-order valence-corrected chi connectivity index (χ2v) is 16.2. The summed E-state index contributed by atoms with van der Waals surface area (Å²) < 4.78 is 8.68. The van der Waals surface area contributed by atoms with Crippen LogP contribution >= 0.6 is 11.3 Å². The van der Waals surface area contributed by atoms with Gasteiger partial charge in [0.05, 0.1) is 6.04 Å². The highest BCUT2D eigenvalue weighted by atomic mass is 32.1. The van der Waals surface area contributed by atoms with Gasteiger partial charge in [-0.1, -0.05) is 134 Å². The van der Waals surface area contributed by atoms with Gasteiger partial charge in [-0.05, 0) is 65.6 Å². The van der Waals surface area contributed by atoms with E-state index in [2.05, 4.69) is 144 Å². The first kappa shape index (κ1) is 32.4. The number of anilines is 2. The minimum Gasteiger partial charge on any atom is -0.461 e. The molecule has 6 heteroatoms. The van der Waals surface area contributed by atoms with E-state index >= 15 is 0 Å².